The zero-order valence-electron chi connectivity index (χ0n) is 15.3. The lowest BCUT2D eigenvalue weighted by Gasteiger charge is -2.30. The van der Waals surface area contributed by atoms with Crippen LogP contribution in [0.3, 0.4) is 0 Å². The number of nitrogens with zero attached hydrogens (tertiary/aromatic N) is 2. The van der Waals surface area contributed by atoms with Crippen LogP contribution in [0.1, 0.15) is 24.2 Å². The molecule has 0 bridgehead atoms. The van der Waals surface area contributed by atoms with Crippen LogP contribution < -0.4 is 5.32 Å². The molecule has 3 aromatic rings. The van der Waals surface area contributed by atoms with Gasteiger partial charge in [0, 0.05) is 11.6 Å². The van der Waals surface area contributed by atoms with Gasteiger partial charge < -0.3 is 10.3 Å². The highest BCUT2D eigenvalue weighted by Gasteiger charge is 2.25. The monoisotopic (exact) mass is 366 g/mol. The zero-order chi connectivity index (χ0) is 18.8. The third-order valence-electron chi connectivity index (χ3n) is 5.13. The summed E-state index contributed by atoms with van der Waals surface area (Å²) in [7, 11) is 0. The molecule has 1 aliphatic heterocycles. The van der Waals surface area contributed by atoms with E-state index in [-0.39, 0.29) is 17.6 Å². The average molecular weight is 366 g/mol. The number of amides is 1. The fourth-order valence-corrected chi connectivity index (χ4v) is 3.59. The van der Waals surface area contributed by atoms with Crippen LogP contribution in [-0.2, 0) is 11.3 Å². The predicted octanol–water partition coefficient (Wildman–Crippen LogP) is 3.86. The van der Waals surface area contributed by atoms with Gasteiger partial charge in [0.1, 0.15) is 11.6 Å². The average Bonchev–Trinajstić information content (AvgIpc) is 3.05. The molecule has 0 atom stereocenters. The normalized spacial score (nSPS) is 15.9. The van der Waals surface area contributed by atoms with E-state index in [1.54, 1.807) is 12.1 Å². The second-order valence-electron chi connectivity index (χ2n) is 7.25. The van der Waals surface area contributed by atoms with Gasteiger partial charge in [-0.05, 0) is 74.8 Å². The summed E-state index contributed by atoms with van der Waals surface area (Å²) in [5.74, 6) is 0.664. The number of likely N-dealkylation sites (tertiary alicyclic amines) is 1. The Labute approximate surface area is 157 Å². The van der Waals surface area contributed by atoms with E-state index in [0.29, 0.717) is 5.69 Å². The highest BCUT2D eigenvalue weighted by Crippen LogP contribution is 2.21. The Morgan fingerprint density at radius 3 is 2.70 bits per heavy atom. The largest absolute Gasteiger partial charge is 0.341 e. The minimum absolute atomic E-state index is 0.00961. The summed E-state index contributed by atoms with van der Waals surface area (Å²) in [6.45, 7) is 4.55. The molecule has 1 saturated heterocycles. The number of hydrogen-bond acceptors (Lipinski definition) is 3. The van der Waals surface area contributed by atoms with E-state index < -0.39 is 0 Å². The van der Waals surface area contributed by atoms with E-state index >= 15 is 0 Å². The number of imidazole rings is 1. The van der Waals surface area contributed by atoms with E-state index in [9.17, 15) is 9.18 Å². The standard InChI is InChI=1S/C21H23FN4O/c1-14-2-7-18-19(12-14)25-20(24-18)13-26-10-8-15(9-11-26)21(27)23-17-5-3-16(22)4-6-17/h2-7,12,15H,8-11,13H2,1H3,(H,23,27)(H,24,25). The predicted molar refractivity (Wildman–Crippen MR) is 104 cm³/mol. The second kappa shape index (κ2) is 7.48. The Bertz CT molecular complexity index is 942. The number of aryl methyl sites for hydroxylation is 1. The number of anilines is 1. The minimum Gasteiger partial charge on any atom is -0.341 e. The molecule has 1 aliphatic rings. The Kier molecular flexibility index (Phi) is 4.90. The summed E-state index contributed by atoms with van der Waals surface area (Å²) in [5, 5.41) is 2.88. The van der Waals surface area contributed by atoms with E-state index in [1.165, 1.54) is 17.7 Å². The van der Waals surface area contributed by atoms with Crippen molar-refractivity contribution < 1.29 is 9.18 Å². The minimum atomic E-state index is -0.304. The number of H-pyrrole nitrogens is 1. The summed E-state index contributed by atoms with van der Waals surface area (Å²) < 4.78 is 13.0. The molecule has 2 aromatic carbocycles. The molecular weight excluding hydrogens is 343 g/mol. The van der Waals surface area contributed by atoms with Crippen LogP contribution in [0.2, 0.25) is 0 Å². The number of fused-ring (bicyclic) bond motifs is 1. The van der Waals surface area contributed by atoms with Gasteiger partial charge in [0.05, 0.1) is 17.6 Å². The highest BCUT2D eigenvalue weighted by molar-refractivity contribution is 5.92. The van der Waals surface area contributed by atoms with Crippen molar-refractivity contribution in [2.45, 2.75) is 26.3 Å². The summed E-state index contributed by atoms with van der Waals surface area (Å²) in [4.78, 5) is 22.8. The molecule has 5 nitrogen and oxygen atoms in total. The first-order valence-corrected chi connectivity index (χ1v) is 9.31. The van der Waals surface area contributed by atoms with Crippen LogP contribution in [-0.4, -0.2) is 33.9 Å². The molecule has 2 N–H and O–H groups in total. The van der Waals surface area contributed by atoms with Gasteiger partial charge in [-0.1, -0.05) is 6.07 Å². The van der Waals surface area contributed by atoms with Crippen molar-refractivity contribution in [3.05, 3.63) is 59.7 Å². The molecule has 0 unspecified atom stereocenters. The fraction of sp³-hybridized carbons (Fsp3) is 0.333. The van der Waals surface area contributed by atoms with Crippen molar-refractivity contribution >= 4 is 22.6 Å². The van der Waals surface area contributed by atoms with Gasteiger partial charge in [-0.3, -0.25) is 9.69 Å². The molecule has 1 aromatic heterocycles. The molecule has 0 radical (unpaired) electrons. The topological polar surface area (TPSA) is 61.0 Å². The number of aromatic amines is 1. The second-order valence-corrected chi connectivity index (χ2v) is 7.25. The van der Waals surface area contributed by atoms with Crippen molar-refractivity contribution in [1.82, 2.24) is 14.9 Å². The van der Waals surface area contributed by atoms with Gasteiger partial charge in [-0.15, -0.1) is 0 Å². The summed E-state index contributed by atoms with van der Waals surface area (Å²) in [5.41, 5.74) is 3.91. The fourth-order valence-electron chi connectivity index (χ4n) is 3.59. The van der Waals surface area contributed by atoms with Crippen molar-refractivity contribution in [3.63, 3.8) is 0 Å². The summed E-state index contributed by atoms with van der Waals surface area (Å²) >= 11 is 0. The van der Waals surface area contributed by atoms with Crippen molar-refractivity contribution in [1.29, 1.82) is 0 Å². The number of rotatable bonds is 4. The van der Waals surface area contributed by atoms with Crippen LogP contribution in [0.15, 0.2) is 42.5 Å². The SMILES string of the molecule is Cc1ccc2nc(CN3CCC(C(=O)Nc4ccc(F)cc4)CC3)[nH]c2c1. The van der Waals surface area contributed by atoms with E-state index in [1.807, 2.05) is 6.07 Å². The van der Waals surface area contributed by atoms with Gasteiger partial charge in [-0.2, -0.15) is 0 Å². The van der Waals surface area contributed by atoms with Gasteiger partial charge >= 0.3 is 0 Å². The van der Waals surface area contributed by atoms with Crippen molar-refractivity contribution in [2.75, 3.05) is 18.4 Å². The number of nitrogens with one attached hydrogen (secondary N) is 2. The Hall–Kier alpha value is -2.73. The molecule has 27 heavy (non-hydrogen) atoms. The number of aromatic nitrogens is 2. The lowest BCUT2D eigenvalue weighted by Crippen LogP contribution is -2.38. The third-order valence-corrected chi connectivity index (χ3v) is 5.13. The maximum Gasteiger partial charge on any atom is 0.227 e. The first-order chi connectivity index (χ1) is 13.1. The molecule has 4 rings (SSSR count). The van der Waals surface area contributed by atoms with Gasteiger partial charge in [0.25, 0.3) is 0 Å². The third kappa shape index (κ3) is 4.17. The zero-order valence-corrected chi connectivity index (χ0v) is 15.3. The molecule has 0 saturated carbocycles. The molecule has 1 fully saturated rings. The Balaban J connectivity index is 1.31. The maximum absolute atomic E-state index is 13.0. The lowest BCUT2D eigenvalue weighted by molar-refractivity contribution is -0.121. The molecule has 1 amide bonds. The van der Waals surface area contributed by atoms with E-state index in [4.69, 9.17) is 0 Å². The molecular formula is C21H23FN4O. The van der Waals surface area contributed by atoms with Crippen molar-refractivity contribution in [2.24, 2.45) is 5.92 Å². The number of hydrogen-bond donors (Lipinski definition) is 2. The number of carbonyl (C=O) groups is 1. The number of benzene rings is 2. The molecule has 6 heteroatoms. The van der Waals surface area contributed by atoms with Gasteiger partial charge in [-0.25, -0.2) is 9.37 Å². The van der Waals surface area contributed by atoms with Crippen LogP contribution in [0.25, 0.3) is 11.0 Å². The number of piperidine rings is 1. The first kappa shape index (κ1) is 17.7. The summed E-state index contributed by atoms with van der Waals surface area (Å²) in [6.07, 6.45) is 1.62. The molecule has 140 valence electrons. The smallest absolute Gasteiger partial charge is 0.227 e. The Morgan fingerprint density at radius 2 is 1.96 bits per heavy atom. The summed E-state index contributed by atoms with van der Waals surface area (Å²) in [6, 6.07) is 12.1. The highest BCUT2D eigenvalue weighted by atomic mass is 19.1. The van der Waals surface area contributed by atoms with Crippen LogP contribution >= 0.6 is 0 Å². The van der Waals surface area contributed by atoms with Gasteiger partial charge in [0.2, 0.25) is 5.91 Å². The number of halogens is 1. The van der Waals surface area contributed by atoms with Gasteiger partial charge in [0.15, 0.2) is 0 Å². The van der Waals surface area contributed by atoms with Crippen LogP contribution in [0, 0.1) is 18.7 Å². The van der Waals surface area contributed by atoms with Crippen LogP contribution in [0.4, 0.5) is 10.1 Å². The first-order valence-electron chi connectivity index (χ1n) is 9.31. The molecule has 0 spiro atoms. The molecule has 2 heterocycles. The quantitative estimate of drug-likeness (QED) is 0.737. The Morgan fingerprint density at radius 1 is 1.22 bits per heavy atom. The lowest BCUT2D eigenvalue weighted by atomic mass is 9.96. The van der Waals surface area contributed by atoms with Crippen molar-refractivity contribution in [3.8, 4) is 0 Å². The van der Waals surface area contributed by atoms with E-state index in [2.05, 4.69) is 39.2 Å². The number of carbonyl (C=O) groups excluding carboxylic acids is 1. The van der Waals surface area contributed by atoms with Crippen LogP contribution in [0.5, 0.6) is 0 Å². The van der Waals surface area contributed by atoms with E-state index in [0.717, 1.165) is 49.3 Å². The maximum atomic E-state index is 13.0. The molecule has 0 aliphatic carbocycles.